The summed E-state index contributed by atoms with van der Waals surface area (Å²) in [6, 6.07) is 12.4. The van der Waals surface area contributed by atoms with Crippen LogP contribution >= 0.6 is 11.6 Å². The predicted molar refractivity (Wildman–Crippen MR) is 103 cm³/mol. The average molecular weight is 386 g/mol. The molecule has 0 unspecified atom stereocenters. The second kappa shape index (κ2) is 8.18. The van der Waals surface area contributed by atoms with Crippen LogP contribution in [-0.4, -0.2) is 26.1 Å². The molecule has 0 aliphatic rings. The Bertz CT molecular complexity index is 938. The first-order valence-electron chi connectivity index (χ1n) is 8.51. The zero-order chi connectivity index (χ0) is 19.4. The van der Waals surface area contributed by atoms with Crippen LogP contribution < -0.4 is 10.1 Å². The Morgan fingerprint density at radius 2 is 1.96 bits per heavy atom. The Hall–Kier alpha value is -2.93. The molecule has 3 aromatic rings. The number of tetrazole rings is 1. The van der Waals surface area contributed by atoms with Gasteiger partial charge in [0, 0.05) is 16.3 Å². The largest absolute Gasteiger partial charge is 0.486 e. The van der Waals surface area contributed by atoms with Crippen molar-refractivity contribution in [2.24, 2.45) is 0 Å². The van der Waals surface area contributed by atoms with E-state index < -0.39 is 0 Å². The Morgan fingerprint density at radius 3 is 2.67 bits per heavy atom. The molecule has 1 N–H and O–H groups in total. The molecule has 1 amide bonds. The van der Waals surface area contributed by atoms with Gasteiger partial charge in [-0.2, -0.15) is 0 Å². The first-order chi connectivity index (χ1) is 13.0. The molecule has 0 fully saturated rings. The molecule has 0 atom stereocenters. The zero-order valence-corrected chi connectivity index (χ0v) is 16.1. The Morgan fingerprint density at radius 1 is 1.22 bits per heavy atom. The van der Waals surface area contributed by atoms with E-state index in [1.165, 1.54) is 0 Å². The third-order valence-corrected chi connectivity index (χ3v) is 4.46. The van der Waals surface area contributed by atoms with Gasteiger partial charge in [-0.25, -0.2) is 4.68 Å². The minimum absolute atomic E-state index is 0.152. The van der Waals surface area contributed by atoms with E-state index in [4.69, 9.17) is 16.3 Å². The summed E-state index contributed by atoms with van der Waals surface area (Å²) in [5, 5.41) is 15.0. The highest BCUT2D eigenvalue weighted by molar-refractivity contribution is 6.31. The number of aromatic nitrogens is 4. The van der Waals surface area contributed by atoms with Gasteiger partial charge in [0.1, 0.15) is 12.4 Å². The van der Waals surface area contributed by atoms with Gasteiger partial charge in [-0.1, -0.05) is 17.7 Å². The second-order valence-corrected chi connectivity index (χ2v) is 6.72. The topological polar surface area (TPSA) is 81.9 Å². The fourth-order valence-electron chi connectivity index (χ4n) is 2.50. The van der Waals surface area contributed by atoms with Gasteiger partial charge in [0.2, 0.25) is 0 Å². The van der Waals surface area contributed by atoms with Crippen LogP contribution in [0.25, 0.3) is 0 Å². The van der Waals surface area contributed by atoms with E-state index in [9.17, 15) is 4.79 Å². The lowest BCUT2D eigenvalue weighted by Gasteiger charge is -2.11. The number of ether oxygens (including phenoxy) is 1. The van der Waals surface area contributed by atoms with E-state index in [-0.39, 0.29) is 18.6 Å². The molecule has 0 aliphatic carbocycles. The summed E-state index contributed by atoms with van der Waals surface area (Å²) in [6.45, 7) is 6.10. The van der Waals surface area contributed by atoms with E-state index >= 15 is 0 Å². The molecule has 0 aliphatic heterocycles. The number of halogens is 1. The quantitative estimate of drug-likeness (QED) is 0.692. The summed E-state index contributed by atoms with van der Waals surface area (Å²) in [7, 11) is 0. The highest BCUT2D eigenvalue weighted by Crippen LogP contribution is 2.23. The van der Waals surface area contributed by atoms with Crippen molar-refractivity contribution in [3.8, 4) is 5.75 Å². The average Bonchev–Trinajstić information content (AvgIpc) is 3.13. The maximum Gasteiger partial charge on any atom is 0.255 e. The molecule has 0 saturated carbocycles. The molecule has 0 radical (unpaired) electrons. The van der Waals surface area contributed by atoms with Gasteiger partial charge in [0.05, 0.1) is 6.04 Å². The second-order valence-electron chi connectivity index (χ2n) is 6.31. The van der Waals surface area contributed by atoms with Gasteiger partial charge >= 0.3 is 0 Å². The smallest absolute Gasteiger partial charge is 0.255 e. The molecule has 140 valence electrons. The van der Waals surface area contributed by atoms with Crippen molar-refractivity contribution in [2.45, 2.75) is 33.4 Å². The molecule has 0 bridgehead atoms. The number of carbonyl (C=O) groups excluding carboxylic acids is 1. The van der Waals surface area contributed by atoms with Gasteiger partial charge < -0.3 is 10.1 Å². The number of rotatable bonds is 6. The van der Waals surface area contributed by atoms with Crippen molar-refractivity contribution < 1.29 is 9.53 Å². The van der Waals surface area contributed by atoms with Crippen LogP contribution in [0.15, 0.2) is 42.5 Å². The van der Waals surface area contributed by atoms with E-state index in [0.29, 0.717) is 27.8 Å². The zero-order valence-electron chi connectivity index (χ0n) is 15.3. The number of carbonyl (C=O) groups is 1. The van der Waals surface area contributed by atoms with Gasteiger partial charge in [0.15, 0.2) is 5.82 Å². The van der Waals surface area contributed by atoms with Crippen LogP contribution in [-0.2, 0) is 6.61 Å². The summed E-state index contributed by atoms with van der Waals surface area (Å²) in [5.74, 6) is 1.06. The van der Waals surface area contributed by atoms with E-state index in [2.05, 4.69) is 20.8 Å². The van der Waals surface area contributed by atoms with Crippen LogP contribution in [0.2, 0.25) is 5.02 Å². The van der Waals surface area contributed by atoms with Gasteiger partial charge in [-0.05, 0) is 73.2 Å². The molecular formula is C19H20ClN5O2. The van der Waals surface area contributed by atoms with Crippen molar-refractivity contribution in [3.05, 3.63) is 64.4 Å². The third-order valence-electron chi connectivity index (χ3n) is 4.05. The predicted octanol–water partition coefficient (Wildman–Crippen LogP) is 4.05. The fourth-order valence-corrected chi connectivity index (χ4v) is 2.67. The maximum atomic E-state index is 12.4. The Kier molecular flexibility index (Phi) is 5.71. The van der Waals surface area contributed by atoms with E-state index in [1.807, 2.05) is 26.8 Å². The number of benzene rings is 2. The Balaban J connectivity index is 1.63. The fraction of sp³-hybridized carbons (Fsp3) is 0.263. The van der Waals surface area contributed by atoms with Gasteiger partial charge in [0.25, 0.3) is 5.91 Å². The van der Waals surface area contributed by atoms with Crippen molar-refractivity contribution in [1.29, 1.82) is 0 Å². The highest BCUT2D eigenvalue weighted by Gasteiger charge is 2.11. The first-order valence-corrected chi connectivity index (χ1v) is 8.89. The molecule has 0 saturated heterocycles. The lowest BCUT2D eigenvalue weighted by molar-refractivity contribution is 0.102. The molecule has 2 aromatic carbocycles. The number of hydrogen-bond acceptors (Lipinski definition) is 5. The number of amides is 1. The van der Waals surface area contributed by atoms with E-state index in [1.54, 1.807) is 41.1 Å². The molecule has 7 nitrogen and oxygen atoms in total. The standard InChI is InChI=1S/C19H20ClN5O2/c1-12(2)25-18(22-23-24-25)11-27-15-9-7-14(8-10-15)19(26)21-17-6-4-5-16(20)13(17)3/h4-10,12H,11H2,1-3H3,(H,21,26). The van der Waals surface area contributed by atoms with Crippen molar-refractivity contribution >= 4 is 23.2 Å². The van der Waals surface area contributed by atoms with Gasteiger partial charge in [-0.3, -0.25) is 4.79 Å². The summed E-state index contributed by atoms with van der Waals surface area (Å²) < 4.78 is 7.42. The summed E-state index contributed by atoms with van der Waals surface area (Å²) >= 11 is 6.09. The Labute approximate surface area is 162 Å². The molecule has 3 rings (SSSR count). The molecular weight excluding hydrogens is 366 g/mol. The lowest BCUT2D eigenvalue weighted by atomic mass is 10.1. The summed E-state index contributed by atoms with van der Waals surface area (Å²) in [6.07, 6.45) is 0. The summed E-state index contributed by atoms with van der Waals surface area (Å²) in [5.41, 5.74) is 2.04. The minimum Gasteiger partial charge on any atom is -0.486 e. The third kappa shape index (κ3) is 4.43. The van der Waals surface area contributed by atoms with E-state index in [0.717, 1.165) is 5.56 Å². The van der Waals surface area contributed by atoms with Crippen molar-refractivity contribution in [3.63, 3.8) is 0 Å². The molecule has 27 heavy (non-hydrogen) atoms. The van der Waals surface area contributed by atoms with Crippen molar-refractivity contribution in [1.82, 2.24) is 20.2 Å². The van der Waals surface area contributed by atoms with Crippen LogP contribution in [0.3, 0.4) is 0 Å². The lowest BCUT2D eigenvalue weighted by Crippen LogP contribution is -2.13. The minimum atomic E-state index is -0.212. The SMILES string of the molecule is Cc1c(Cl)cccc1NC(=O)c1ccc(OCc2nnnn2C(C)C)cc1. The van der Waals surface area contributed by atoms with Gasteiger partial charge in [-0.15, -0.1) is 5.10 Å². The molecule has 1 heterocycles. The maximum absolute atomic E-state index is 12.4. The number of anilines is 1. The molecule has 0 spiro atoms. The highest BCUT2D eigenvalue weighted by atomic mass is 35.5. The van der Waals surface area contributed by atoms with Crippen molar-refractivity contribution in [2.75, 3.05) is 5.32 Å². The summed E-state index contributed by atoms with van der Waals surface area (Å²) in [4.78, 5) is 12.4. The number of nitrogens with zero attached hydrogens (tertiary/aromatic N) is 4. The first kappa shape index (κ1) is 18.8. The number of hydrogen-bond donors (Lipinski definition) is 1. The number of nitrogens with one attached hydrogen (secondary N) is 1. The molecule has 1 aromatic heterocycles. The normalized spacial score (nSPS) is 10.9. The molecule has 8 heteroatoms. The van der Waals surface area contributed by atoms with Crippen LogP contribution in [0.5, 0.6) is 5.75 Å². The van der Waals surface area contributed by atoms with Crippen LogP contribution in [0, 0.1) is 6.92 Å². The van der Waals surface area contributed by atoms with Crippen LogP contribution in [0.1, 0.15) is 41.6 Å². The van der Waals surface area contributed by atoms with Crippen LogP contribution in [0.4, 0.5) is 5.69 Å². The monoisotopic (exact) mass is 385 g/mol.